The van der Waals surface area contributed by atoms with Crippen LogP contribution >= 0.6 is 0 Å². The Morgan fingerprint density at radius 1 is 1.13 bits per heavy atom. The Labute approximate surface area is 184 Å². The van der Waals surface area contributed by atoms with E-state index in [9.17, 15) is 9.59 Å². The molecule has 0 N–H and O–H groups in total. The summed E-state index contributed by atoms with van der Waals surface area (Å²) < 4.78 is 1.90. The highest BCUT2D eigenvalue weighted by Crippen LogP contribution is 2.44. The summed E-state index contributed by atoms with van der Waals surface area (Å²) in [7, 11) is 3.64. The van der Waals surface area contributed by atoms with Crippen LogP contribution in [-0.2, 0) is 22.7 Å². The van der Waals surface area contributed by atoms with Crippen LogP contribution in [0.2, 0.25) is 0 Å². The summed E-state index contributed by atoms with van der Waals surface area (Å²) in [6.45, 7) is 8.10. The fourth-order valence-corrected chi connectivity index (χ4v) is 5.33. The van der Waals surface area contributed by atoms with E-state index < -0.39 is 5.41 Å². The molecule has 2 aliphatic heterocycles. The molecule has 2 amide bonds. The van der Waals surface area contributed by atoms with Crippen molar-refractivity contribution in [1.29, 1.82) is 0 Å². The first-order chi connectivity index (χ1) is 14.8. The standard InChI is InChI=1S/C24H33N5O2/c1-18-12-19(2)29(25-18)11-10-22(30)28-15-21-14-27(13-20-8-6-5-7-9-20)16-24(21,17-28)23(31)26(3)4/h5-9,12,21H,10-11,13-17H2,1-4H3/t21-,24-/m0/s1. The maximum absolute atomic E-state index is 13.3. The van der Waals surface area contributed by atoms with E-state index in [1.54, 1.807) is 4.90 Å². The molecular weight excluding hydrogens is 390 g/mol. The van der Waals surface area contributed by atoms with Crippen molar-refractivity contribution in [2.45, 2.75) is 33.4 Å². The third-order valence-corrected chi connectivity index (χ3v) is 6.75. The van der Waals surface area contributed by atoms with Crippen LogP contribution in [-0.4, -0.2) is 76.6 Å². The summed E-state index contributed by atoms with van der Waals surface area (Å²) in [5.74, 6) is 0.424. The Morgan fingerprint density at radius 2 is 1.87 bits per heavy atom. The van der Waals surface area contributed by atoms with Gasteiger partial charge in [0.25, 0.3) is 0 Å². The molecule has 7 nitrogen and oxygen atoms in total. The highest BCUT2D eigenvalue weighted by molar-refractivity contribution is 5.86. The van der Waals surface area contributed by atoms with Crippen molar-refractivity contribution >= 4 is 11.8 Å². The zero-order chi connectivity index (χ0) is 22.2. The van der Waals surface area contributed by atoms with E-state index in [0.717, 1.165) is 24.5 Å². The van der Waals surface area contributed by atoms with Crippen molar-refractivity contribution in [2.24, 2.45) is 11.3 Å². The molecule has 1 aromatic heterocycles. The second kappa shape index (κ2) is 8.46. The van der Waals surface area contributed by atoms with Crippen LogP contribution < -0.4 is 0 Å². The molecule has 166 valence electrons. The molecule has 7 heteroatoms. The average molecular weight is 424 g/mol. The number of carbonyl (C=O) groups is 2. The lowest BCUT2D eigenvalue weighted by atomic mass is 9.80. The van der Waals surface area contributed by atoms with Gasteiger partial charge in [-0.2, -0.15) is 5.10 Å². The number of nitrogens with zero attached hydrogens (tertiary/aromatic N) is 5. The van der Waals surface area contributed by atoms with E-state index >= 15 is 0 Å². The lowest BCUT2D eigenvalue weighted by Gasteiger charge is -2.31. The third-order valence-electron chi connectivity index (χ3n) is 6.75. The van der Waals surface area contributed by atoms with Gasteiger partial charge in [0.1, 0.15) is 0 Å². The molecule has 0 spiro atoms. The topological polar surface area (TPSA) is 61.7 Å². The van der Waals surface area contributed by atoms with Gasteiger partial charge in [-0.3, -0.25) is 19.2 Å². The Bertz CT molecular complexity index is 954. The van der Waals surface area contributed by atoms with Gasteiger partial charge in [-0.1, -0.05) is 30.3 Å². The number of carbonyl (C=O) groups excluding carboxylic acids is 2. The summed E-state index contributed by atoms with van der Waals surface area (Å²) in [5.41, 5.74) is 2.79. The number of likely N-dealkylation sites (tertiary alicyclic amines) is 2. The van der Waals surface area contributed by atoms with E-state index in [-0.39, 0.29) is 17.7 Å². The zero-order valence-electron chi connectivity index (χ0n) is 19.0. The van der Waals surface area contributed by atoms with Gasteiger partial charge in [0.05, 0.1) is 11.1 Å². The van der Waals surface area contributed by atoms with Crippen LogP contribution in [0, 0.1) is 25.2 Å². The molecule has 2 saturated heterocycles. The van der Waals surface area contributed by atoms with Crippen LogP contribution in [0.1, 0.15) is 23.4 Å². The third kappa shape index (κ3) is 4.24. The highest BCUT2D eigenvalue weighted by atomic mass is 16.2. The summed E-state index contributed by atoms with van der Waals surface area (Å²) in [6.07, 6.45) is 0.411. The van der Waals surface area contributed by atoms with Crippen LogP contribution in [0.4, 0.5) is 0 Å². The van der Waals surface area contributed by atoms with Gasteiger partial charge in [0.2, 0.25) is 11.8 Å². The van der Waals surface area contributed by atoms with Gasteiger partial charge in [-0.25, -0.2) is 0 Å². The molecular formula is C24H33N5O2. The summed E-state index contributed by atoms with van der Waals surface area (Å²) in [4.78, 5) is 32.3. The predicted molar refractivity (Wildman–Crippen MR) is 119 cm³/mol. The zero-order valence-corrected chi connectivity index (χ0v) is 19.0. The monoisotopic (exact) mass is 423 g/mol. The SMILES string of the molecule is Cc1cc(C)n(CCC(=O)N2C[C@@H]3CN(Cc4ccccc4)C[C@]3(C(=O)N(C)C)C2)n1. The highest BCUT2D eigenvalue weighted by Gasteiger charge is 2.58. The molecule has 0 aliphatic carbocycles. The van der Waals surface area contributed by atoms with E-state index in [1.807, 2.05) is 49.7 Å². The lowest BCUT2D eigenvalue weighted by Crippen LogP contribution is -2.47. The minimum absolute atomic E-state index is 0.113. The molecule has 0 bridgehead atoms. The van der Waals surface area contributed by atoms with E-state index in [1.165, 1.54) is 5.56 Å². The number of amides is 2. The Morgan fingerprint density at radius 3 is 2.52 bits per heavy atom. The van der Waals surface area contributed by atoms with Crippen LogP contribution in [0.5, 0.6) is 0 Å². The number of rotatable bonds is 6. The fourth-order valence-electron chi connectivity index (χ4n) is 5.33. The summed E-state index contributed by atoms with van der Waals surface area (Å²) in [6, 6.07) is 12.4. The number of hydrogen-bond donors (Lipinski definition) is 0. The van der Waals surface area contributed by atoms with Gasteiger partial charge in [0, 0.05) is 71.4 Å². The molecule has 3 heterocycles. The normalized spacial score (nSPS) is 23.2. The molecule has 2 atom stereocenters. The van der Waals surface area contributed by atoms with Crippen molar-refractivity contribution in [3.05, 3.63) is 53.3 Å². The minimum Gasteiger partial charge on any atom is -0.348 e. The average Bonchev–Trinajstić information content (AvgIpc) is 3.36. The Balaban J connectivity index is 1.44. The number of benzene rings is 1. The molecule has 4 rings (SSSR count). The lowest BCUT2D eigenvalue weighted by molar-refractivity contribution is -0.140. The smallest absolute Gasteiger partial charge is 0.231 e. The molecule has 2 fully saturated rings. The minimum atomic E-state index is -0.508. The predicted octanol–water partition coefficient (Wildman–Crippen LogP) is 1.94. The second-order valence-electron chi connectivity index (χ2n) is 9.38. The van der Waals surface area contributed by atoms with Crippen molar-refractivity contribution in [1.82, 2.24) is 24.5 Å². The van der Waals surface area contributed by atoms with Crippen LogP contribution in [0.15, 0.2) is 36.4 Å². The Kier molecular flexibility index (Phi) is 5.88. The maximum atomic E-state index is 13.3. The number of aromatic nitrogens is 2. The number of hydrogen-bond acceptors (Lipinski definition) is 4. The molecule has 1 aromatic carbocycles. The van der Waals surface area contributed by atoms with Crippen molar-refractivity contribution < 1.29 is 9.59 Å². The largest absolute Gasteiger partial charge is 0.348 e. The number of fused-ring (bicyclic) bond motifs is 1. The van der Waals surface area contributed by atoms with Gasteiger partial charge >= 0.3 is 0 Å². The first-order valence-corrected chi connectivity index (χ1v) is 11.1. The van der Waals surface area contributed by atoms with E-state index in [0.29, 0.717) is 32.6 Å². The maximum Gasteiger partial charge on any atom is 0.231 e. The first kappa shape index (κ1) is 21.6. The molecule has 0 radical (unpaired) electrons. The van der Waals surface area contributed by atoms with Crippen molar-refractivity contribution in [3.63, 3.8) is 0 Å². The van der Waals surface area contributed by atoms with Gasteiger partial charge < -0.3 is 9.80 Å². The van der Waals surface area contributed by atoms with Gasteiger partial charge in [-0.15, -0.1) is 0 Å². The summed E-state index contributed by atoms with van der Waals surface area (Å²) in [5, 5.41) is 4.46. The van der Waals surface area contributed by atoms with E-state index in [4.69, 9.17) is 0 Å². The first-order valence-electron chi connectivity index (χ1n) is 11.1. The van der Waals surface area contributed by atoms with Crippen LogP contribution in [0.25, 0.3) is 0 Å². The quantitative estimate of drug-likeness (QED) is 0.713. The van der Waals surface area contributed by atoms with Crippen molar-refractivity contribution in [3.8, 4) is 0 Å². The second-order valence-corrected chi connectivity index (χ2v) is 9.38. The van der Waals surface area contributed by atoms with E-state index in [2.05, 4.69) is 34.3 Å². The Hall–Kier alpha value is -2.67. The molecule has 0 saturated carbocycles. The van der Waals surface area contributed by atoms with Gasteiger partial charge in [-0.05, 0) is 25.5 Å². The molecule has 2 aromatic rings. The number of aryl methyl sites for hydroxylation is 3. The molecule has 0 unspecified atom stereocenters. The van der Waals surface area contributed by atoms with Gasteiger partial charge in [0.15, 0.2) is 0 Å². The molecule has 31 heavy (non-hydrogen) atoms. The molecule has 2 aliphatic rings. The fraction of sp³-hybridized carbons (Fsp3) is 0.542. The summed E-state index contributed by atoms with van der Waals surface area (Å²) >= 11 is 0. The van der Waals surface area contributed by atoms with Crippen molar-refractivity contribution in [2.75, 3.05) is 40.3 Å². The van der Waals surface area contributed by atoms with Crippen LogP contribution in [0.3, 0.4) is 0 Å².